The number of aromatic amines is 2. The van der Waals surface area contributed by atoms with Crippen molar-refractivity contribution in [2.45, 2.75) is 18.9 Å². The normalized spacial score (nSPS) is 13.8. The van der Waals surface area contributed by atoms with Crippen LogP contribution in [0, 0.1) is 0 Å². The van der Waals surface area contributed by atoms with Gasteiger partial charge in [-0.3, -0.25) is 19.8 Å². The predicted octanol–water partition coefficient (Wildman–Crippen LogP) is 2.93. The Balaban J connectivity index is 1.55. The van der Waals surface area contributed by atoms with Gasteiger partial charge in [0.1, 0.15) is 15.6 Å². The summed E-state index contributed by atoms with van der Waals surface area (Å²) in [5, 5.41) is 10.0. The largest absolute Gasteiger partial charge is 0.349 e. The fourth-order valence-corrected chi connectivity index (χ4v) is 3.77. The molecule has 0 aliphatic heterocycles. The van der Waals surface area contributed by atoms with Gasteiger partial charge in [-0.25, -0.2) is 9.97 Å². The molecule has 1 fully saturated rings. The van der Waals surface area contributed by atoms with Gasteiger partial charge in [0.05, 0.1) is 23.0 Å². The Morgan fingerprint density at radius 1 is 1.15 bits per heavy atom. The second kappa shape index (κ2) is 6.17. The molecule has 0 unspecified atom stereocenters. The van der Waals surface area contributed by atoms with Crippen LogP contribution >= 0.6 is 11.3 Å². The molecular formula is C19H15N5O2S. The zero-order valence-electron chi connectivity index (χ0n) is 14.2. The second-order valence-corrected chi connectivity index (χ2v) is 7.53. The third-order valence-corrected chi connectivity index (χ3v) is 5.50. The maximum atomic E-state index is 12.4. The van der Waals surface area contributed by atoms with Crippen molar-refractivity contribution >= 4 is 28.1 Å². The molecule has 4 aromatic rings. The maximum absolute atomic E-state index is 12.4. The van der Waals surface area contributed by atoms with Crippen molar-refractivity contribution in [3.05, 3.63) is 57.8 Å². The molecule has 3 aromatic heterocycles. The molecule has 1 amide bonds. The van der Waals surface area contributed by atoms with E-state index in [1.54, 1.807) is 6.20 Å². The lowest BCUT2D eigenvalue weighted by atomic mass is 10.1. The van der Waals surface area contributed by atoms with Crippen LogP contribution in [0.2, 0.25) is 0 Å². The van der Waals surface area contributed by atoms with Crippen LogP contribution in [0.4, 0.5) is 0 Å². The highest BCUT2D eigenvalue weighted by Crippen LogP contribution is 2.31. The molecule has 0 spiro atoms. The highest BCUT2D eigenvalue weighted by Gasteiger charge is 2.25. The monoisotopic (exact) mass is 377 g/mol. The van der Waals surface area contributed by atoms with Gasteiger partial charge in [-0.15, -0.1) is 11.3 Å². The van der Waals surface area contributed by atoms with E-state index >= 15 is 0 Å². The Morgan fingerprint density at radius 2 is 2.00 bits per heavy atom. The predicted molar refractivity (Wildman–Crippen MR) is 104 cm³/mol. The van der Waals surface area contributed by atoms with E-state index < -0.39 is 0 Å². The first-order valence-corrected chi connectivity index (χ1v) is 9.44. The number of carbonyl (C=O) groups excluding carboxylic acids is 1. The van der Waals surface area contributed by atoms with Crippen molar-refractivity contribution in [3.63, 3.8) is 0 Å². The van der Waals surface area contributed by atoms with Gasteiger partial charge in [0.25, 0.3) is 11.5 Å². The average Bonchev–Trinajstić information content (AvgIpc) is 3.21. The first-order chi connectivity index (χ1) is 13.2. The molecule has 134 valence electrons. The molecule has 0 radical (unpaired) electrons. The Hall–Kier alpha value is -3.26. The molecule has 7 nitrogen and oxygen atoms in total. The molecule has 0 atom stereocenters. The van der Waals surface area contributed by atoms with E-state index in [9.17, 15) is 9.59 Å². The van der Waals surface area contributed by atoms with E-state index in [1.165, 1.54) is 11.3 Å². The van der Waals surface area contributed by atoms with E-state index in [0.29, 0.717) is 26.8 Å². The molecule has 1 aliphatic carbocycles. The van der Waals surface area contributed by atoms with Crippen LogP contribution in [0.3, 0.4) is 0 Å². The Kier molecular flexibility index (Phi) is 3.64. The number of carbonyl (C=O) groups is 1. The van der Waals surface area contributed by atoms with Gasteiger partial charge >= 0.3 is 0 Å². The minimum Gasteiger partial charge on any atom is -0.349 e. The van der Waals surface area contributed by atoms with Gasteiger partial charge in [0.2, 0.25) is 0 Å². The molecule has 0 bridgehead atoms. The molecule has 27 heavy (non-hydrogen) atoms. The zero-order valence-corrected chi connectivity index (χ0v) is 15.0. The molecule has 8 heteroatoms. The van der Waals surface area contributed by atoms with Gasteiger partial charge in [-0.05, 0) is 25.0 Å². The fourth-order valence-electron chi connectivity index (χ4n) is 2.95. The van der Waals surface area contributed by atoms with E-state index in [2.05, 4.69) is 25.5 Å². The topological polar surface area (TPSA) is 104 Å². The fraction of sp³-hybridized carbons (Fsp3) is 0.158. The van der Waals surface area contributed by atoms with Crippen molar-refractivity contribution < 1.29 is 4.79 Å². The minimum absolute atomic E-state index is 0.121. The summed E-state index contributed by atoms with van der Waals surface area (Å²) in [4.78, 5) is 34.1. The number of amides is 1. The number of benzene rings is 1. The second-order valence-electron chi connectivity index (χ2n) is 6.50. The van der Waals surface area contributed by atoms with Crippen LogP contribution in [-0.4, -0.2) is 32.1 Å². The Bertz CT molecular complexity index is 1220. The maximum Gasteiger partial charge on any atom is 0.274 e. The summed E-state index contributed by atoms with van der Waals surface area (Å²) >= 11 is 1.25. The van der Waals surface area contributed by atoms with E-state index in [-0.39, 0.29) is 17.5 Å². The third kappa shape index (κ3) is 2.93. The summed E-state index contributed by atoms with van der Waals surface area (Å²) < 4.78 is 0. The van der Waals surface area contributed by atoms with E-state index in [0.717, 1.165) is 23.7 Å². The zero-order chi connectivity index (χ0) is 18.4. The highest BCUT2D eigenvalue weighted by molar-refractivity contribution is 7.16. The summed E-state index contributed by atoms with van der Waals surface area (Å²) in [6, 6.07) is 11.8. The van der Waals surface area contributed by atoms with Crippen LogP contribution in [0.15, 0.2) is 47.4 Å². The molecule has 1 aliphatic rings. The van der Waals surface area contributed by atoms with Crippen LogP contribution in [-0.2, 0) is 0 Å². The summed E-state index contributed by atoms with van der Waals surface area (Å²) in [5.41, 5.74) is 2.06. The lowest BCUT2D eigenvalue weighted by Gasteiger charge is -2.02. The average molecular weight is 377 g/mol. The van der Waals surface area contributed by atoms with Crippen LogP contribution in [0.25, 0.3) is 32.9 Å². The number of aromatic nitrogens is 4. The van der Waals surface area contributed by atoms with Gasteiger partial charge in [-0.1, -0.05) is 24.3 Å². The lowest BCUT2D eigenvalue weighted by molar-refractivity contribution is 0.0955. The molecule has 1 saturated carbocycles. The summed E-state index contributed by atoms with van der Waals surface area (Å²) in [6.45, 7) is 0. The van der Waals surface area contributed by atoms with Gasteiger partial charge in [0.15, 0.2) is 0 Å². The van der Waals surface area contributed by atoms with E-state index in [1.807, 2.05) is 36.4 Å². The number of thiazole rings is 1. The van der Waals surface area contributed by atoms with Crippen molar-refractivity contribution in [1.29, 1.82) is 0 Å². The van der Waals surface area contributed by atoms with Crippen LogP contribution in [0.5, 0.6) is 0 Å². The SMILES string of the molecule is O=C(NC1CC1)c1cnc(-c2[nH][nH]c(=O)c2-c2ccc3ccccc3n2)s1. The lowest BCUT2D eigenvalue weighted by Crippen LogP contribution is -2.24. The van der Waals surface area contributed by atoms with Crippen molar-refractivity contribution in [1.82, 2.24) is 25.5 Å². The van der Waals surface area contributed by atoms with Gasteiger partial charge in [-0.2, -0.15) is 0 Å². The standard InChI is InChI=1S/C19H15N5O2S/c25-17(21-11-6-7-11)14-9-20-19(27-14)16-15(18(26)24-23-16)13-8-5-10-3-1-2-4-12(10)22-13/h1-5,8-9,11H,6-7H2,(H,21,25)(H2,23,24,26). The smallest absolute Gasteiger partial charge is 0.274 e. The number of fused-ring (bicyclic) bond motifs is 1. The third-order valence-electron chi connectivity index (χ3n) is 4.49. The molecular weight excluding hydrogens is 362 g/mol. The molecule has 1 aromatic carbocycles. The first kappa shape index (κ1) is 16.0. The Morgan fingerprint density at radius 3 is 2.85 bits per heavy atom. The number of rotatable bonds is 4. The number of hydrogen-bond acceptors (Lipinski definition) is 5. The minimum atomic E-state index is -0.271. The molecule has 3 heterocycles. The Labute approximate surface area is 157 Å². The van der Waals surface area contributed by atoms with Crippen molar-refractivity contribution in [2.24, 2.45) is 0 Å². The van der Waals surface area contributed by atoms with Crippen LogP contribution < -0.4 is 10.9 Å². The molecule has 3 N–H and O–H groups in total. The number of hydrogen-bond donors (Lipinski definition) is 3. The molecule has 5 rings (SSSR count). The number of para-hydroxylation sites is 1. The number of pyridine rings is 1. The molecule has 0 saturated heterocycles. The highest BCUT2D eigenvalue weighted by atomic mass is 32.1. The van der Waals surface area contributed by atoms with Gasteiger partial charge < -0.3 is 5.32 Å². The van der Waals surface area contributed by atoms with Crippen LogP contribution in [0.1, 0.15) is 22.5 Å². The number of nitrogens with one attached hydrogen (secondary N) is 3. The summed E-state index contributed by atoms with van der Waals surface area (Å²) in [6.07, 6.45) is 3.60. The van der Waals surface area contributed by atoms with Crippen molar-refractivity contribution in [3.8, 4) is 22.0 Å². The van der Waals surface area contributed by atoms with E-state index in [4.69, 9.17) is 0 Å². The quantitative estimate of drug-likeness (QED) is 0.509. The number of H-pyrrole nitrogens is 2. The summed E-state index contributed by atoms with van der Waals surface area (Å²) in [5.74, 6) is -0.121. The van der Waals surface area contributed by atoms with Gasteiger partial charge in [0, 0.05) is 11.4 Å². The number of nitrogens with zero attached hydrogens (tertiary/aromatic N) is 2. The summed E-state index contributed by atoms with van der Waals surface area (Å²) in [7, 11) is 0. The van der Waals surface area contributed by atoms with Crippen molar-refractivity contribution in [2.75, 3.05) is 0 Å². The first-order valence-electron chi connectivity index (χ1n) is 8.63.